The lowest BCUT2D eigenvalue weighted by atomic mass is 9.74. The van der Waals surface area contributed by atoms with E-state index >= 15 is 0 Å². The Balaban J connectivity index is 2.10. The van der Waals surface area contributed by atoms with Gasteiger partial charge >= 0.3 is 13.3 Å². The summed E-state index contributed by atoms with van der Waals surface area (Å²) in [7, 11) is 0.399. The molecule has 0 unspecified atom stereocenters. The largest absolute Gasteiger partial charge is 0.496 e. The highest BCUT2D eigenvalue weighted by Gasteiger charge is 2.54. The molecule has 2 fully saturated rings. The van der Waals surface area contributed by atoms with Crippen LogP contribution in [0.5, 0.6) is 5.75 Å². The zero-order valence-electron chi connectivity index (χ0n) is 14.6. The van der Waals surface area contributed by atoms with E-state index in [0.29, 0.717) is 11.3 Å². The molecule has 0 N–H and O–H groups in total. The van der Waals surface area contributed by atoms with Crippen molar-refractivity contribution >= 4 is 12.6 Å². The lowest BCUT2D eigenvalue weighted by Gasteiger charge is -2.32. The van der Waals surface area contributed by atoms with Gasteiger partial charge in [0.05, 0.1) is 23.9 Å². The van der Waals surface area contributed by atoms with Crippen molar-refractivity contribution in [3.05, 3.63) is 23.3 Å². The summed E-state index contributed by atoms with van der Waals surface area (Å²) in [4.78, 5) is 0. The van der Waals surface area contributed by atoms with Crippen LogP contribution in [-0.2, 0) is 15.5 Å². The van der Waals surface area contributed by atoms with Gasteiger partial charge in [-0.3, -0.25) is 0 Å². The number of rotatable bonds is 3. The lowest BCUT2D eigenvalue weighted by Crippen LogP contribution is -2.41. The summed E-state index contributed by atoms with van der Waals surface area (Å²) < 4.78 is 57.9. The fourth-order valence-corrected chi connectivity index (χ4v) is 2.91. The number of alkyl halides is 3. The van der Waals surface area contributed by atoms with E-state index in [1.165, 1.54) is 19.2 Å². The van der Waals surface area contributed by atoms with Gasteiger partial charge in [-0.25, -0.2) is 0 Å². The van der Waals surface area contributed by atoms with E-state index < -0.39 is 30.1 Å². The third-order valence-electron chi connectivity index (χ3n) is 5.23. The summed E-state index contributed by atoms with van der Waals surface area (Å²) in [6, 6.07) is 2.63. The molecule has 1 aliphatic carbocycles. The summed E-state index contributed by atoms with van der Waals surface area (Å²) in [5.41, 5.74) is -1.53. The molecule has 1 aromatic carbocycles. The third kappa shape index (κ3) is 2.92. The molecule has 1 aliphatic heterocycles. The van der Waals surface area contributed by atoms with E-state index in [2.05, 4.69) is 0 Å². The molecule has 0 amide bonds. The molecule has 132 valence electrons. The summed E-state index contributed by atoms with van der Waals surface area (Å²) in [5, 5.41) is 0. The maximum atomic E-state index is 13.6. The van der Waals surface area contributed by atoms with Gasteiger partial charge in [-0.05, 0) is 69.6 Å². The molecule has 3 nitrogen and oxygen atoms in total. The van der Waals surface area contributed by atoms with Crippen molar-refractivity contribution in [3.8, 4) is 5.75 Å². The molecule has 0 spiro atoms. The molecule has 1 heterocycles. The van der Waals surface area contributed by atoms with Gasteiger partial charge in [-0.1, -0.05) is 0 Å². The minimum atomic E-state index is -4.48. The second kappa shape index (κ2) is 5.40. The Bertz CT molecular complexity index is 635. The highest BCUT2D eigenvalue weighted by atomic mass is 19.4. The molecule has 7 heteroatoms. The Hall–Kier alpha value is -1.21. The van der Waals surface area contributed by atoms with E-state index in [9.17, 15) is 13.2 Å². The van der Waals surface area contributed by atoms with Crippen LogP contribution in [0.4, 0.5) is 13.2 Å². The quantitative estimate of drug-likeness (QED) is 0.780. The summed E-state index contributed by atoms with van der Waals surface area (Å²) >= 11 is 0. The minimum Gasteiger partial charge on any atom is -0.496 e. The predicted molar refractivity (Wildman–Crippen MR) is 85.7 cm³/mol. The van der Waals surface area contributed by atoms with E-state index in [4.69, 9.17) is 14.0 Å². The SMILES string of the molecule is COc1cc(B2OC(C)(C)C(C)(C)O2)c(C(F)(F)F)cc1C1CC1. The maximum absolute atomic E-state index is 13.6. The summed E-state index contributed by atoms with van der Waals surface area (Å²) in [5.74, 6) is 0.614. The van der Waals surface area contributed by atoms with E-state index in [0.717, 1.165) is 12.8 Å². The highest BCUT2D eigenvalue weighted by molar-refractivity contribution is 6.62. The Morgan fingerprint density at radius 2 is 1.62 bits per heavy atom. The molecule has 0 aromatic heterocycles. The van der Waals surface area contributed by atoms with E-state index in [1.54, 1.807) is 0 Å². The van der Waals surface area contributed by atoms with Crippen molar-refractivity contribution in [1.29, 1.82) is 0 Å². The van der Waals surface area contributed by atoms with Crippen molar-refractivity contribution in [2.24, 2.45) is 0 Å². The molecule has 0 bridgehead atoms. The number of methoxy groups -OCH3 is 1. The molecule has 0 radical (unpaired) electrons. The van der Waals surface area contributed by atoms with Gasteiger partial charge < -0.3 is 14.0 Å². The topological polar surface area (TPSA) is 27.7 Å². The third-order valence-corrected chi connectivity index (χ3v) is 5.23. The van der Waals surface area contributed by atoms with Crippen LogP contribution in [0.3, 0.4) is 0 Å². The minimum absolute atomic E-state index is 0.0256. The van der Waals surface area contributed by atoms with Crippen LogP contribution in [0.25, 0.3) is 0 Å². The number of hydrogen-bond donors (Lipinski definition) is 0. The first kappa shape index (κ1) is 17.6. The maximum Gasteiger partial charge on any atom is 0.495 e. The van der Waals surface area contributed by atoms with Crippen molar-refractivity contribution in [2.45, 2.75) is 63.8 Å². The molecule has 2 aliphatic rings. The monoisotopic (exact) mass is 342 g/mol. The van der Waals surface area contributed by atoms with Gasteiger partial charge in [0.25, 0.3) is 0 Å². The van der Waals surface area contributed by atoms with Gasteiger partial charge in [-0.15, -0.1) is 0 Å². The average molecular weight is 342 g/mol. The fraction of sp³-hybridized carbons (Fsp3) is 0.647. The van der Waals surface area contributed by atoms with Crippen LogP contribution in [-0.4, -0.2) is 25.4 Å². The van der Waals surface area contributed by atoms with Crippen LogP contribution in [0.1, 0.15) is 57.6 Å². The molecule has 1 saturated carbocycles. The number of hydrogen-bond acceptors (Lipinski definition) is 3. The zero-order chi connectivity index (χ0) is 17.9. The zero-order valence-corrected chi connectivity index (χ0v) is 14.6. The number of ether oxygens (including phenoxy) is 1. The molecule has 1 saturated heterocycles. The standard InChI is InChI=1S/C17H22BF3O3/c1-15(2)16(3,4)24-18(23-15)13-9-14(22-5)11(10-6-7-10)8-12(13)17(19,20)21/h8-10H,6-7H2,1-5H3. The summed E-state index contributed by atoms with van der Waals surface area (Å²) in [6.45, 7) is 7.26. The Morgan fingerprint density at radius 3 is 2.04 bits per heavy atom. The second-order valence-corrected chi connectivity index (χ2v) is 7.54. The molecular weight excluding hydrogens is 320 g/mol. The van der Waals surface area contributed by atoms with Gasteiger partial charge in [0.2, 0.25) is 0 Å². The lowest BCUT2D eigenvalue weighted by molar-refractivity contribution is -0.136. The Labute approximate surface area is 140 Å². The molecule has 24 heavy (non-hydrogen) atoms. The van der Waals surface area contributed by atoms with Gasteiger partial charge in [0, 0.05) is 0 Å². The molecule has 0 atom stereocenters. The van der Waals surface area contributed by atoms with Crippen LogP contribution >= 0.6 is 0 Å². The first-order valence-corrected chi connectivity index (χ1v) is 8.11. The summed E-state index contributed by atoms with van der Waals surface area (Å²) in [6.07, 6.45) is -2.69. The Morgan fingerprint density at radius 1 is 1.08 bits per heavy atom. The number of halogens is 3. The highest BCUT2D eigenvalue weighted by Crippen LogP contribution is 2.46. The van der Waals surface area contributed by atoms with Crippen molar-refractivity contribution in [3.63, 3.8) is 0 Å². The van der Waals surface area contributed by atoms with Gasteiger partial charge in [0.1, 0.15) is 5.75 Å². The van der Waals surface area contributed by atoms with Crippen LogP contribution in [0.15, 0.2) is 12.1 Å². The molecular formula is C17H22BF3O3. The molecule has 3 rings (SSSR count). The Kier molecular flexibility index (Phi) is 3.96. The van der Waals surface area contributed by atoms with E-state index in [-0.39, 0.29) is 11.4 Å². The van der Waals surface area contributed by atoms with Gasteiger partial charge in [-0.2, -0.15) is 13.2 Å². The van der Waals surface area contributed by atoms with Crippen molar-refractivity contribution < 1.29 is 27.2 Å². The first-order valence-electron chi connectivity index (χ1n) is 8.11. The number of benzene rings is 1. The normalized spacial score (nSPS) is 22.8. The predicted octanol–water partition coefficient (Wildman–Crippen LogP) is 3.89. The second-order valence-electron chi connectivity index (χ2n) is 7.54. The van der Waals surface area contributed by atoms with Crippen LogP contribution < -0.4 is 10.2 Å². The molecule has 1 aromatic rings. The van der Waals surface area contributed by atoms with E-state index in [1.807, 2.05) is 27.7 Å². The fourth-order valence-electron chi connectivity index (χ4n) is 2.91. The van der Waals surface area contributed by atoms with Crippen molar-refractivity contribution in [1.82, 2.24) is 0 Å². The van der Waals surface area contributed by atoms with Crippen molar-refractivity contribution in [2.75, 3.05) is 7.11 Å². The van der Waals surface area contributed by atoms with Gasteiger partial charge in [0.15, 0.2) is 0 Å². The first-order chi connectivity index (χ1) is 11.0. The average Bonchev–Trinajstić information content (AvgIpc) is 3.24. The smallest absolute Gasteiger partial charge is 0.495 e. The van der Waals surface area contributed by atoms with Crippen LogP contribution in [0.2, 0.25) is 0 Å². The van der Waals surface area contributed by atoms with Crippen LogP contribution in [0, 0.1) is 0 Å².